The first-order valence-corrected chi connectivity index (χ1v) is 8.61. The molecule has 0 aromatic heterocycles. The van der Waals surface area contributed by atoms with Gasteiger partial charge in [-0.15, -0.1) is 0 Å². The van der Waals surface area contributed by atoms with E-state index < -0.39 is 18.0 Å². The van der Waals surface area contributed by atoms with E-state index in [0.29, 0.717) is 5.69 Å². The quantitative estimate of drug-likeness (QED) is 0.633. The van der Waals surface area contributed by atoms with Crippen molar-refractivity contribution in [2.45, 2.75) is 38.8 Å². The van der Waals surface area contributed by atoms with E-state index in [1.807, 2.05) is 13.8 Å². The van der Waals surface area contributed by atoms with E-state index in [4.69, 9.17) is 9.84 Å². The highest BCUT2D eigenvalue weighted by Gasteiger charge is 2.25. The van der Waals surface area contributed by atoms with Crippen molar-refractivity contribution in [2.75, 3.05) is 18.5 Å². The van der Waals surface area contributed by atoms with Gasteiger partial charge in [0.2, 0.25) is 11.8 Å². The summed E-state index contributed by atoms with van der Waals surface area (Å²) in [6, 6.07) is 5.76. The summed E-state index contributed by atoms with van der Waals surface area (Å²) in [7, 11) is 0. The predicted octanol–water partition coefficient (Wildman–Crippen LogP) is 1.36. The standard InChI is InChI=1S/C18H25N3O5/c1-11(2)15-10-26-8-7-16(22)19-13-5-3-12(4-6-13)9-14(17(23)20-15)21-18(24)25/h3-6,11,14-15,21H,7-10H2,1-2H3,(H,19,22)(H,20,23)(H,24,25)/t14-,15-/m1/s1. The van der Waals surface area contributed by atoms with Crippen LogP contribution in [-0.2, 0) is 20.7 Å². The number of fused-ring (bicyclic) bond motifs is 12. The summed E-state index contributed by atoms with van der Waals surface area (Å²) in [4.78, 5) is 35.6. The van der Waals surface area contributed by atoms with Crippen LogP contribution in [0.5, 0.6) is 0 Å². The predicted molar refractivity (Wildman–Crippen MR) is 95.9 cm³/mol. The molecule has 3 rings (SSSR count). The molecule has 2 aliphatic heterocycles. The lowest BCUT2D eigenvalue weighted by Gasteiger charge is -2.25. The van der Waals surface area contributed by atoms with Gasteiger partial charge in [-0.05, 0) is 23.6 Å². The molecule has 1 aromatic carbocycles. The average Bonchev–Trinajstić information content (AvgIpc) is 2.57. The number of ether oxygens (including phenoxy) is 1. The topological polar surface area (TPSA) is 117 Å². The third kappa shape index (κ3) is 6.03. The average molecular weight is 363 g/mol. The second kappa shape index (κ2) is 9.19. The molecule has 0 radical (unpaired) electrons. The fourth-order valence-electron chi connectivity index (χ4n) is 2.60. The Kier molecular flexibility index (Phi) is 6.97. The fourth-order valence-corrected chi connectivity index (χ4v) is 2.60. The molecule has 4 N–H and O–H groups in total. The van der Waals surface area contributed by atoms with Gasteiger partial charge in [0.05, 0.1) is 25.7 Å². The molecule has 8 nitrogen and oxygen atoms in total. The van der Waals surface area contributed by atoms with Gasteiger partial charge in [0.15, 0.2) is 0 Å². The highest BCUT2D eigenvalue weighted by molar-refractivity contribution is 5.90. The van der Waals surface area contributed by atoms with Crippen LogP contribution in [0.25, 0.3) is 0 Å². The first-order chi connectivity index (χ1) is 12.3. The molecule has 142 valence electrons. The zero-order chi connectivity index (χ0) is 19.1. The summed E-state index contributed by atoms with van der Waals surface area (Å²) >= 11 is 0. The van der Waals surface area contributed by atoms with Crippen LogP contribution in [0.4, 0.5) is 10.5 Å². The molecule has 2 bridgehead atoms. The SMILES string of the molecule is CC(C)[C@H]1COCCC(=O)Nc2ccc(cc2)C[C@@H](NC(=O)O)C(=O)N1. The van der Waals surface area contributed by atoms with Crippen molar-refractivity contribution in [3.05, 3.63) is 29.8 Å². The number of carboxylic acid groups (broad SMARTS) is 1. The van der Waals surface area contributed by atoms with Crippen molar-refractivity contribution in [3.8, 4) is 0 Å². The third-order valence-corrected chi connectivity index (χ3v) is 4.19. The van der Waals surface area contributed by atoms with Gasteiger partial charge in [0, 0.05) is 12.1 Å². The molecule has 0 aliphatic carbocycles. The van der Waals surface area contributed by atoms with Gasteiger partial charge in [0.1, 0.15) is 6.04 Å². The van der Waals surface area contributed by atoms with E-state index >= 15 is 0 Å². The van der Waals surface area contributed by atoms with E-state index in [-0.39, 0.29) is 43.9 Å². The minimum absolute atomic E-state index is 0.0906. The fraction of sp³-hybridized carbons (Fsp3) is 0.500. The molecule has 26 heavy (non-hydrogen) atoms. The number of anilines is 1. The maximum absolute atomic E-state index is 12.6. The Labute approximate surface area is 152 Å². The summed E-state index contributed by atoms with van der Waals surface area (Å²) in [5.41, 5.74) is 1.42. The van der Waals surface area contributed by atoms with E-state index in [0.717, 1.165) is 5.56 Å². The van der Waals surface area contributed by atoms with Crippen LogP contribution in [0.15, 0.2) is 24.3 Å². The van der Waals surface area contributed by atoms with Crippen LogP contribution in [0.1, 0.15) is 25.8 Å². The number of hydrogen-bond acceptors (Lipinski definition) is 4. The molecule has 2 aliphatic rings. The summed E-state index contributed by atoms with van der Waals surface area (Å²) in [5, 5.41) is 17.0. The van der Waals surface area contributed by atoms with Crippen molar-refractivity contribution in [3.63, 3.8) is 0 Å². The number of carbonyl (C=O) groups is 3. The molecule has 0 saturated carbocycles. The summed E-state index contributed by atoms with van der Waals surface area (Å²) < 4.78 is 5.54. The van der Waals surface area contributed by atoms with Gasteiger partial charge in [-0.1, -0.05) is 26.0 Å². The number of hydrogen-bond donors (Lipinski definition) is 4. The highest BCUT2D eigenvalue weighted by Crippen LogP contribution is 2.13. The van der Waals surface area contributed by atoms with Crippen molar-refractivity contribution < 1.29 is 24.2 Å². The minimum Gasteiger partial charge on any atom is -0.465 e. The highest BCUT2D eigenvalue weighted by atomic mass is 16.5. The second-order valence-corrected chi connectivity index (χ2v) is 6.64. The maximum Gasteiger partial charge on any atom is 0.405 e. The van der Waals surface area contributed by atoms with Gasteiger partial charge in [0.25, 0.3) is 0 Å². The van der Waals surface area contributed by atoms with Gasteiger partial charge in [-0.25, -0.2) is 4.79 Å². The molecular weight excluding hydrogens is 338 g/mol. The van der Waals surface area contributed by atoms with Crippen LogP contribution < -0.4 is 16.0 Å². The van der Waals surface area contributed by atoms with Gasteiger partial charge in [-0.2, -0.15) is 0 Å². The zero-order valence-corrected chi connectivity index (χ0v) is 15.0. The molecular formula is C18H25N3O5. The van der Waals surface area contributed by atoms with Crippen LogP contribution >= 0.6 is 0 Å². The first kappa shape index (κ1) is 19.7. The molecule has 2 atom stereocenters. The van der Waals surface area contributed by atoms with Crippen LogP contribution in [0.3, 0.4) is 0 Å². The first-order valence-electron chi connectivity index (χ1n) is 8.61. The van der Waals surface area contributed by atoms with Gasteiger partial charge < -0.3 is 25.8 Å². The van der Waals surface area contributed by atoms with Crippen molar-refractivity contribution in [2.24, 2.45) is 5.92 Å². The largest absolute Gasteiger partial charge is 0.465 e. The Morgan fingerprint density at radius 3 is 2.58 bits per heavy atom. The van der Waals surface area contributed by atoms with E-state index in [9.17, 15) is 14.4 Å². The van der Waals surface area contributed by atoms with E-state index in [1.54, 1.807) is 24.3 Å². The lowest BCUT2D eigenvalue weighted by molar-refractivity contribution is -0.125. The van der Waals surface area contributed by atoms with Crippen LogP contribution in [-0.4, -0.2) is 48.3 Å². The number of nitrogens with one attached hydrogen (secondary N) is 3. The molecule has 8 heteroatoms. The number of amides is 3. The Bertz CT molecular complexity index is 645. The summed E-state index contributed by atoms with van der Waals surface area (Å²) in [6.07, 6.45) is -0.842. The third-order valence-electron chi connectivity index (χ3n) is 4.19. The molecule has 0 fully saturated rings. The lowest BCUT2D eigenvalue weighted by Crippen LogP contribution is -2.52. The van der Waals surface area contributed by atoms with Gasteiger partial charge >= 0.3 is 6.09 Å². The summed E-state index contributed by atoms with van der Waals surface area (Å²) in [5.74, 6) is -0.459. The van der Waals surface area contributed by atoms with E-state index in [1.165, 1.54) is 0 Å². The van der Waals surface area contributed by atoms with Crippen LogP contribution in [0, 0.1) is 5.92 Å². The molecule has 1 aromatic rings. The van der Waals surface area contributed by atoms with E-state index in [2.05, 4.69) is 16.0 Å². The normalized spacial score (nSPS) is 22.1. The van der Waals surface area contributed by atoms with Crippen LogP contribution in [0.2, 0.25) is 0 Å². The van der Waals surface area contributed by atoms with Crippen molar-refractivity contribution in [1.82, 2.24) is 10.6 Å². The summed E-state index contributed by atoms with van der Waals surface area (Å²) in [6.45, 7) is 4.36. The Morgan fingerprint density at radius 1 is 1.27 bits per heavy atom. The monoisotopic (exact) mass is 363 g/mol. The molecule has 0 saturated heterocycles. The minimum atomic E-state index is -1.26. The molecule has 0 unspecified atom stereocenters. The molecule has 0 spiro atoms. The Balaban J connectivity index is 2.24. The number of benzene rings is 1. The van der Waals surface area contributed by atoms with Gasteiger partial charge in [-0.3, -0.25) is 9.59 Å². The number of carbonyl (C=O) groups excluding carboxylic acids is 2. The Hall–Kier alpha value is -2.61. The lowest BCUT2D eigenvalue weighted by atomic mass is 10.0. The molecule has 2 heterocycles. The number of rotatable bonds is 2. The Morgan fingerprint density at radius 2 is 1.96 bits per heavy atom. The maximum atomic E-state index is 12.6. The second-order valence-electron chi connectivity index (χ2n) is 6.64. The zero-order valence-electron chi connectivity index (χ0n) is 15.0. The van der Waals surface area contributed by atoms with Crippen molar-refractivity contribution >= 4 is 23.6 Å². The smallest absolute Gasteiger partial charge is 0.405 e. The van der Waals surface area contributed by atoms with Crippen molar-refractivity contribution in [1.29, 1.82) is 0 Å². The molecule has 3 amide bonds.